The third-order valence-corrected chi connectivity index (χ3v) is 3.04. The summed E-state index contributed by atoms with van der Waals surface area (Å²) in [5.74, 6) is -0.607. The molecule has 0 bridgehead atoms. The van der Waals surface area contributed by atoms with E-state index in [1.54, 1.807) is 0 Å². The molecule has 2 rings (SSSR count). The van der Waals surface area contributed by atoms with Gasteiger partial charge in [-0.1, -0.05) is 0 Å². The van der Waals surface area contributed by atoms with Crippen LogP contribution >= 0.6 is 0 Å². The number of anilines is 1. The fourth-order valence-corrected chi connectivity index (χ4v) is 2.06. The number of hydrogen-bond acceptors (Lipinski definition) is 6. The van der Waals surface area contributed by atoms with Crippen LogP contribution in [0.2, 0.25) is 0 Å². The second kappa shape index (κ2) is 4.78. The first kappa shape index (κ1) is 13.2. The number of amides is 1. The fourth-order valence-electron chi connectivity index (χ4n) is 1.39. The number of nitrogens with two attached hydrogens (primary N) is 1. The van der Waals surface area contributed by atoms with Gasteiger partial charge in [0.25, 0.3) is 0 Å². The number of rotatable bonds is 4. The number of nitrogens with zero attached hydrogens (tertiary/aromatic N) is 5. The average molecular weight is 285 g/mol. The molecule has 0 aliphatic rings. The zero-order valence-electron chi connectivity index (χ0n) is 9.89. The molecule has 0 radical (unpaired) electrons. The molecule has 2 heterocycles. The number of aryl methyl sites for hydroxylation is 1. The number of hydrogen-bond donors (Lipinski definition) is 2. The molecular weight excluding hydrogens is 274 g/mol. The van der Waals surface area contributed by atoms with Gasteiger partial charge in [0.15, 0.2) is 5.82 Å². The van der Waals surface area contributed by atoms with Gasteiger partial charge in [0, 0.05) is 13.2 Å². The van der Waals surface area contributed by atoms with E-state index in [2.05, 4.69) is 20.5 Å². The van der Waals surface area contributed by atoms with Crippen molar-refractivity contribution in [2.24, 2.45) is 12.2 Å². The van der Waals surface area contributed by atoms with Crippen molar-refractivity contribution >= 4 is 21.7 Å². The zero-order chi connectivity index (χ0) is 14.0. The smallest absolute Gasteiger partial charge is 0.247 e. The van der Waals surface area contributed by atoms with E-state index in [1.807, 2.05) is 0 Å². The van der Waals surface area contributed by atoms with Crippen molar-refractivity contribution in [3.8, 4) is 0 Å². The molecule has 10 nitrogen and oxygen atoms in total. The quantitative estimate of drug-likeness (QED) is 0.686. The van der Waals surface area contributed by atoms with Gasteiger partial charge in [-0.05, 0) is 0 Å². The number of primary sulfonamides is 1. The summed E-state index contributed by atoms with van der Waals surface area (Å²) in [5.41, 5.74) is 0. The van der Waals surface area contributed by atoms with Gasteiger partial charge in [0.2, 0.25) is 15.9 Å². The molecule has 2 aromatic heterocycles. The van der Waals surface area contributed by atoms with Crippen molar-refractivity contribution in [1.82, 2.24) is 24.5 Å². The van der Waals surface area contributed by atoms with Gasteiger partial charge in [-0.15, -0.1) is 0 Å². The summed E-state index contributed by atoms with van der Waals surface area (Å²) >= 11 is 0. The molecule has 19 heavy (non-hydrogen) atoms. The van der Waals surface area contributed by atoms with Crippen LogP contribution in [0.25, 0.3) is 0 Å². The monoisotopic (exact) mass is 285 g/mol. The highest BCUT2D eigenvalue weighted by Gasteiger charge is 2.20. The van der Waals surface area contributed by atoms with E-state index in [4.69, 9.17) is 5.14 Å². The minimum Gasteiger partial charge on any atom is -0.306 e. The lowest BCUT2D eigenvalue weighted by atomic mass is 10.5. The summed E-state index contributed by atoms with van der Waals surface area (Å²) in [4.78, 5) is 15.1. The predicted molar refractivity (Wildman–Crippen MR) is 63.2 cm³/mol. The lowest BCUT2D eigenvalue weighted by molar-refractivity contribution is -0.116. The Morgan fingerprint density at radius 1 is 1.53 bits per heavy atom. The van der Waals surface area contributed by atoms with Crippen molar-refractivity contribution in [2.45, 2.75) is 11.4 Å². The third kappa shape index (κ3) is 3.14. The number of sulfonamides is 1. The normalized spacial score (nSPS) is 11.5. The van der Waals surface area contributed by atoms with Crippen LogP contribution in [-0.2, 0) is 28.4 Å². The first-order valence-corrected chi connectivity index (χ1v) is 6.59. The van der Waals surface area contributed by atoms with Crippen molar-refractivity contribution < 1.29 is 13.2 Å². The minimum absolute atomic E-state index is 0.110. The SMILES string of the molecule is Cn1cc(S(N)(=O)=O)c(NC(=O)Cn2cncn2)n1. The van der Waals surface area contributed by atoms with Crippen LogP contribution in [-0.4, -0.2) is 38.9 Å². The molecule has 0 aliphatic heterocycles. The van der Waals surface area contributed by atoms with Crippen LogP contribution in [0.5, 0.6) is 0 Å². The van der Waals surface area contributed by atoms with E-state index >= 15 is 0 Å². The topological polar surface area (TPSA) is 138 Å². The van der Waals surface area contributed by atoms with Gasteiger partial charge in [0.05, 0.1) is 0 Å². The number of nitrogens with one attached hydrogen (secondary N) is 1. The van der Waals surface area contributed by atoms with Gasteiger partial charge < -0.3 is 5.32 Å². The third-order valence-electron chi connectivity index (χ3n) is 2.13. The first-order valence-electron chi connectivity index (χ1n) is 5.05. The average Bonchev–Trinajstić information content (AvgIpc) is 2.87. The lowest BCUT2D eigenvalue weighted by Gasteiger charge is -2.03. The van der Waals surface area contributed by atoms with Crippen LogP contribution in [0, 0.1) is 0 Å². The highest BCUT2D eigenvalue weighted by Crippen LogP contribution is 2.17. The molecule has 0 aromatic carbocycles. The van der Waals surface area contributed by atoms with Crippen molar-refractivity contribution in [3.63, 3.8) is 0 Å². The molecule has 0 fully saturated rings. The van der Waals surface area contributed by atoms with Crippen LogP contribution in [0.1, 0.15) is 0 Å². The molecule has 1 amide bonds. The van der Waals surface area contributed by atoms with E-state index in [-0.39, 0.29) is 17.3 Å². The summed E-state index contributed by atoms with van der Waals surface area (Å²) in [6.45, 7) is -0.110. The highest BCUT2D eigenvalue weighted by atomic mass is 32.2. The largest absolute Gasteiger partial charge is 0.306 e. The molecule has 0 unspecified atom stereocenters. The van der Waals surface area contributed by atoms with Crippen molar-refractivity contribution in [1.29, 1.82) is 0 Å². The fraction of sp³-hybridized carbons (Fsp3) is 0.250. The maximum atomic E-state index is 11.7. The van der Waals surface area contributed by atoms with E-state index < -0.39 is 15.9 Å². The van der Waals surface area contributed by atoms with E-state index in [9.17, 15) is 13.2 Å². The Bertz CT molecular complexity index is 688. The second-order valence-corrected chi connectivity index (χ2v) is 5.23. The number of aromatic nitrogens is 5. The molecule has 11 heteroatoms. The molecule has 102 valence electrons. The molecule has 0 spiro atoms. The molecule has 3 N–H and O–H groups in total. The lowest BCUT2D eigenvalue weighted by Crippen LogP contribution is -2.21. The summed E-state index contributed by atoms with van der Waals surface area (Å²) in [7, 11) is -2.44. The van der Waals surface area contributed by atoms with Gasteiger partial charge in [-0.3, -0.25) is 9.48 Å². The Labute approximate surface area is 108 Å². The summed E-state index contributed by atoms with van der Waals surface area (Å²) in [6.07, 6.45) is 3.85. The maximum absolute atomic E-state index is 11.7. The van der Waals surface area contributed by atoms with Crippen LogP contribution < -0.4 is 10.5 Å². The Hall–Kier alpha value is -2.27. The standard InChI is InChI=1S/C8H11N7O3S/c1-14-2-6(19(9,17)18)8(13-14)12-7(16)3-15-5-10-4-11-15/h2,4-5H,3H2,1H3,(H2,9,17,18)(H,12,13,16). The highest BCUT2D eigenvalue weighted by molar-refractivity contribution is 7.89. The Balaban J connectivity index is 2.17. The van der Waals surface area contributed by atoms with Crippen LogP contribution in [0.4, 0.5) is 5.82 Å². The van der Waals surface area contributed by atoms with Gasteiger partial charge in [0.1, 0.15) is 24.1 Å². The van der Waals surface area contributed by atoms with Crippen molar-refractivity contribution in [3.05, 3.63) is 18.9 Å². The maximum Gasteiger partial charge on any atom is 0.247 e. The molecular formula is C8H11N7O3S. The zero-order valence-corrected chi connectivity index (χ0v) is 10.7. The first-order chi connectivity index (χ1) is 8.86. The minimum atomic E-state index is -3.95. The van der Waals surface area contributed by atoms with Crippen LogP contribution in [0.3, 0.4) is 0 Å². The van der Waals surface area contributed by atoms with E-state index in [0.717, 1.165) is 0 Å². The molecule has 2 aromatic rings. The molecule has 0 atom stereocenters. The van der Waals surface area contributed by atoms with Crippen LogP contribution in [0.15, 0.2) is 23.7 Å². The summed E-state index contributed by atoms with van der Waals surface area (Å²) in [5, 5.41) is 15.0. The van der Waals surface area contributed by atoms with E-state index in [1.165, 1.54) is 35.3 Å². The van der Waals surface area contributed by atoms with E-state index in [0.29, 0.717) is 0 Å². The Kier molecular flexibility index (Phi) is 3.31. The Morgan fingerprint density at radius 2 is 2.26 bits per heavy atom. The molecule has 0 saturated heterocycles. The summed E-state index contributed by atoms with van der Waals surface area (Å²) < 4.78 is 25.1. The van der Waals surface area contributed by atoms with Crippen molar-refractivity contribution in [2.75, 3.05) is 5.32 Å². The Morgan fingerprint density at radius 3 is 2.84 bits per heavy atom. The summed E-state index contributed by atoms with van der Waals surface area (Å²) in [6, 6.07) is 0. The number of carbonyl (C=O) groups is 1. The number of carbonyl (C=O) groups excluding carboxylic acids is 1. The molecule has 0 aliphatic carbocycles. The van der Waals surface area contributed by atoms with Gasteiger partial charge >= 0.3 is 0 Å². The van der Waals surface area contributed by atoms with Gasteiger partial charge in [-0.25, -0.2) is 23.2 Å². The second-order valence-electron chi connectivity index (χ2n) is 3.70. The van der Waals surface area contributed by atoms with Gasteiger partial charge in [-0.2, -0.15) is 10.2 Å². The predicted octanol–water partition coefficient (Wildman–Crippen LogP) is -1.70. The molecule has 0 saturated carbocycles.